The van der Waals surface area contributed by atoms with Crippen LogP contribution in [0.2, 0.25) is 0 Å². The molecule has 0 amide bonds. The molecule has 0 aromatic carbocycles. The number of carboxylic acids is 3. The molecule has 0 aliphatic rings. The Morgan fingerprint density at radius 1 is 0.343 bits per heavy atom. The maximum absolute atomic E-state index is 13.8. The van der Waals surface area contributed by atoms with Crippen molar-refractivity contribution in [1.29, 1.82) is 0 Å². The fourth-order valence-corrected chi connectivity index (χ4v) is 11.1. The number of rotatable bonds is 55. The summed E-state index contributed by atoms with van der Waals surface area (Å²) in [5.41, 5.74) is -4.81. The van der Waals surface area contributed by atoms with Gasteiger partial charge in [0.2, 0.25) is 5.60 Å². The summed E-state index contributed by atoms with van der Waals surface area (Å²) in [6, 6.07) is 0. The Morgan fingerprint density at radius 2 is 0.571 bits per heavy atom. The van der Waals surface area contributed by atoms with Crippen molar-refractivity contribution in [2.75, 3.05) is 6.61 Å². The molecule has 0 aliphatic carbocycles. The topological polar surface area (TPSA) is 138 Å². The molecular weight excluding hydrogens is 873 g/mol. The van der Waals surface area contributed by atoms with Crippen molar-refractivity contribution in [2.45, 2.75) is 337 Å². The van der Waals surface area contributed by atoms with E-state index in [1.54, 1.807) is 0 Å². The summed E-state index contributed by atoms with van der Waals surface area (Å²) in [4.78, 5) is 54.0. The van der Waals surface area contributed by atoms with E-state index in [9.17, 15) is 34.5 Å². The Bertz CT molecular complexity index is 1190. The summed E-state index contributed by atoms with van der Waals surface area (Å²) in [6.45, 7) is 14.7. The van der Waals surface area contributed by atoms with E-state index in [0.29, 0.717) is 19.3 Å². The third-order valence-corrected chi connectivity index (χ3v) is 15.5. The fraction of sp³-hybridized carbons (Fsp3) is 0.935. The van der Waals surface area contributed by atoms with Crippen molar-refractivity contribution < 1.29 is 39.2 Å². The minimum absolute atomic E-state index is 0.0429. The number of aliphatic carboxylic acids is 3. The van der Waals surface area contributed by atoms with E-state index < -0.39 is 40.6 Å². The highest BCUT2D eigenvalue weighted by Crippen LogP contribution is 2.50. The molecule has 414 valence electrons. The molecule has 0 radical (unpaired) electrons. The van der Waals surface area contributed by atoms with Crippen molar-refractivity contribution in [3.05, 3.63) is 0 Å². The van der Waals surface area contributed by atoms with Crippen molar-refractivity contribution in [3.63, 3.8) is 0 Å². The minimum atomic E-state index is -2.73. The highest BCUT2D eigenvalue weighted by atomic mass is 16.5. The van der Waals surface area contributed by atoms with Gasteiger partial charge in [-0.1, -0.05) is 305 Å². The van der Waals surface area contributed by atoms with Crippen molar-refractivity contribution in [3.8, 4) is 0 Å². The number of ketones is 1. The van der Waals surface area contributed by atoms with E-state index in [1.165, 1.54) is 173 Å². The number of ether oxygens (including phenoxy) is 1. The first-order chi connectivity index (χ1) is 33.7. The van der Waals surface area contributed by atoms with E-state index in [2.05, 4.69) is 41.5 Å². The second kappa shape index (κ2) is 45.6. The van der Waals surface area contributed by atoms with Crippen LogP contribution in [0.3, 0.4) is 0 Å². The maximum atomic E-state index is 13.8. The first kappa shape index (κ1) is 68.0. The molecule has 0 aromatic heterocycles. The van der Waals surface area contributed by atoms with Crippen LogP contribution in [0, 0.1) is 29.1 Å². The highest BCUT2D eigenvalue weighted by Gasteiger charge is 2.69. The van der Waals surface area contributed by atoms with E-state index in [-0.39, 0.29) is 19.4 Å². The molecule has 0 heterocycles. The zero-order valence-corrected chi connectivity index (χ0v) is 47.5. The molecule has 3 N–H and O–H groups in total. The molecule has 70 heavy (non-hydrogen) atoms. The lowest BCUT2D eigenvalue weighted by atomic mass is 9.59. The Hall–Kier alpha value is -1.96. The zero-order valence-electron chi connectivity index (χ0n) is 47.5. The van der Waals surface area contributed by atoms with Crippen LogP contribution in [0.15, 0.2) is 0 Å². The predicted molar refractivity (Wildman–Crippen MR) is 296 cm³/mol. The Balaban J connectivity index is 5.55. The van der Waals surface area contributed by atoms with Gasteiger partial charge >= 0.3 is 17.9 Å². The largest absolute Gasteiger partial charge is 0.481 e. The standard InChI is InChI=1S/C62H118O8/c1-53(2)47-41-35-29-23-17-11-8-14-20-26-32-38-44-50-61(59(66)67,51-45-39-33-27-21-15-9-12-18-24-30-36-42-48-54(3)4)62(60(68)69,57(56(7)63)58(64)65)70-52-46-40-34-28-22-16-10-13-19-25-31-37-43-49-55(5)6/h53-55,57H,8-52H2,1-7H3,(H,64,65)(H,66,67)(H,68,69). The van der Waals surface area contributed by atoms with Gasteiger partial charge in [-0.3, -0.25) is 14.4 Å². The number of hydrogen-bond acceptors (Lipinski definition) is 5. The Morgan fingerprint density at radius 3 is 0.771 bits per heavy atom. The zero-order chi connectivity index (χ0) is 52.1. The molecule has 2 unspecified atom stereocenters. The van der Waals surface area contributed by atoms with Gasteiger partial charge in [-0.2, -0.15) is 0 Å². The Labute approximate surface area is 433 Å². The molecule has 0 saturated heterocycles. The molecule has 0 bridgehead atoms. The quantitative estimate of drug-likeness (QED) is 0.0405. The van der Waals surface area contributed by atoms with Gasteiger partial charge in [0.15, 0.2) is 5.92 Å². The molecule has 0 rings (SSSR count). The highest BCUT2D eigenvalue weighted by molar-refractivity contribution is 6.06. The average Bonchev–Trinajstić information content (AvgIpc) is 3.29. The molecule has 0 fully saturated rings. The smallest absolute Gasteiger partial charge is 0.338 e. The summed E-state index contributed by atoms with van der Waals surface area (Å²) in [5.74, 6) is -5.30. The molecule has 0 aliphatic heterocycles. The molecular formula is C62H118O8. The van der Waals surface area contributed by atoms with E-state index in [1.807, 2.05) is 0 Å². The van der Waals surface area contributed by atoms with Gasteiger partial charge in [-0.25, -0.2) is 4.79 Å². The lowest BCUT2D eigenvalue weighted by molar-refractivity contribution is -0.219. The van der Waals surface area contributed by atoms with E-state index >= 15 is 0 Å². The summed E-state index contributed by atoms with van der Waals surface area (Å²) < 4.78 is 6.30. The molecule has 2 atom stereocenters. The summed E-state index contributed by atoms with van der Waals surface area (Å²) in [5, 5.41) is 33.0. The number of hydrogen-bond donors (Lipinski definition) is 3. The summed E-state index contributed by atoms with van der Waals surface area (Å²) >= 11 is 0. The third kappa shape index (κ3) is 33.7. The van der Waals surface area contributed by atoms with Crippen molar-refractivity contribution in [2.24, 2.45) is 29.1 Å². The van der Waals surface area contributed by atoms with Gasteiger partial charge in [-0.15, -0.1) is 0 Å². The van der Waals surface area contributed by atoms with Crippen LogP contribution in [-0.2, 0) is 23.9 Å². The molecule has 0 aromatic rings. The third-order valence-electron chi connectivity index (χ3n) is 15.5. The van der Waals surface area contributed by atoms with Gasteiger partial charge in [0.05, 0.1) is 0 Å². The second-order valence-corrected chi connectivity index (χ2v) is 23.5. The van der Waals surface area contributed by atoms with E-state index in [4.69, 9.17) is 4.74 Å². The molecule has 8 nitrogen and oxygen atoms in total. The van der Waals surface area contributed by atoms with Gasteiger partial charge in [0.1, 0.15) is 11.2 Å². The predicted octanol–water partition coefficient (Wildman–Crippen LogP) is 19.3. The summed E-state index contributed by atoms with van der Waals surface area (Å²) in [6.07, 6.45) is 47.6. The molecule has 0 spiro atoms. The van der Waals surface area contributed by atoms with Crippen LogP contribution in [0.5, 0.6) is 0 Å². The lowest BCUT2D eigenvalue weighted by Gasteiger charge is -2.47. The van der Waals surface area contributed by atoms with Gasteiger partial charge in [-0.05, 0) is 43.9 Å². The van der Waals surface area contributed by atoms with Crippen LogP contribution < -0.4 is 0 Å². The number of Topliss-reactive ketones (excluding diaryl/α,β-unsaturated/α-hetero) is 1. The fourth-order valence-electron chi connectivity index (χ4n) is 11.1. The monoisotopic (exact) mass is 991 g/mol. The van der Waals surface area contributed by atoms with Crippen LogP contribution in [0.25, 0.3) is 0 Å². The molecule has 8 heteroatoms. The number of carbonyl (C=O) groups is 4. The number of carboxylic acid groups (broad SMARTS) is 3. The van der Waals surface area contributed by atoms with Gasteiger partial charge in [0, 0.05) is 6.61 Å². The SMILES string of the molecule is CC(=O)C(C(=O)O)C(OCCCCCCCCCCCCCCCC(C)C)(C(=O)O)C(CCCCCCCCCCCCCCCC(C)C)(CCCCCCCCCCCCCCCC(C)C)C(=O)O. The minimum Gasteiger partial charge on any atom is -0.481 e. The van der Waals surface area contributed by atoms with Crippen LogP contribution >= 0.6 is 0 Å². The second-order valence-electron chi connectivity index (χ2n) is 23.5. The normalized spacial score (nSPS) is 13.4. The van der Waals surface area contributed by atoms with Crippen molar-refractivity contribution >= 4 is 23.7 Å². The molecule has 0 saturated carbocycles. The van der Waals surface area contributed by atoms with E-state index in [0.717, 1.165) is 102 Å². The van der Waals surface area contributed by atoms with Crippen LogP contribution in [-0.4, -0.2) is 51.2 Å². The average molecular weight is 992 g/mol. The van der Waals surface area contributed by atoms with Crippen LogP contribution in [0.1, 0.15) is 331 Å². The maximum Gasteiger partial charge on any atom is 0.338 e. The number of unbranched alkanes of at least 4 members (excludes halogenated alkanes) is 36. The van der Waals surface area contributed by atoms with Crippen molar-refractivity contribution in [1.82, 2.24) is 0 Å². The van der Waals surface area contributed by atoms with Gasteiger partial charge < -0.3 is 20.1 Å². The number of carbonyl (C=O) groups excluding carboxylic acids is 1. The Kier molecular flexibility index (Phi) is 44.4. The summed E-state index contributed by atoms with van der Waals surface area (Å²) in [7, 11) is 0. The van der Waals surface area contributed by atoms with Gasteiger partial charge in [0.25, 0.3) is 0 Å². The first-order valence-electron chi connectivity index (χ1n) is 30.5. The first-order valence-corrected chi connectivity index (χ1v) is 30.5. The lowest BCUT2D eigenvalue weighted by Crippen LogP contribution is -2.67. The van der Waals surface area contributed by atoms with Crippen LogP contribution in [0.4, 0.5) is 0 Å².